The fraction of sp³-hybridized carbons (Fsp3) is 0.296. The molecule has 3 heterocycles. The van der Waals surface area contributed by atoms with Crippen molar-refractivity contribution in [2.24, 2.45) is 5.41 Å². The monoisotopic (exact) mass is 507 g/mol. The number of benzene rings is 1. The van der Waals surface area contributed by atoms with Crippen LogP contribution >= 0.6 is 22.7 Å². The zero-order valence-electron chi connectivity index (χ0n) is 20.5. The number of anilines is 2. The normalized spacial score (nSPS) is 11.3. The van der Waals surface area contributed by atoms with Crippen molar-refractivity contribution in [2.75, 3.05) is 19.0 Å². The number of nitrogens with one attached hydrogen (secondary N) is 1. The third kappa shape index (κ3) is 6.07. The summed E-state index contributed by atoms with van der Waals surface area (Å²) in [5, 5.41) is 5.95. The number of nitrogens with zero attached hydrogens (tertiary/aromatic N) is 2. The molecule has 0 bridgehead atoms. The lowest BCUT2D eigenvalue weighted by Crippen LogP contribution is -2.08. The summed E-state index contributed by atoms with van der Waals surface area (Å²) in [7, 11) is 1.37. The highest BCUT2D eigenvalue weighted by atomic mass is 32.1. The Hall–Kier alpha value is -3.23. The molecule has 0 atom stereocenters. The maximum atomic E-state index is 12.6. The number of hydrogen-bond acceptors (Lipinski definition) is 8. The van der Waals surface area contributed by atoms with E-state index >= 15 is 0 Å². The maximum Gasteiger partial charge on any atom is 0.341 e. The first-order chi connectivity index (χ1) is 16.8. The number of ether oxygens (including phenoxy) is 2. The number of esters is 1. The van der Waals surface area contributed by atoms with Gasteiger partial charge in [-0.25, -0.2) is 14.8 Å². The zero-order chi connectivity index (χ0) is 25.0. The summed E-state index contributed by atoms with van der Waals surface area (Å²) >= 11 is 3.17. The van der Waals surface area contributed by atoms with Gasteiger partial charge >= 0.3 is 5.97 Å². The molecule has 1 N–H and O–H groups in total. The molecule has 0 aliphatic rings. The van der Waals surface area contributed by atoms with Gasteiger partial charge in [0, 0.05) is 27.1 Å². The van der Waals surface area contributed by atoms with E-state index in [-0.39, 0.29) is 5.41 Å². The molecular formula is C27H29N3O3S2. The fourth-order valence-corrected chi connectivity index (χ4v) is 5.63. The first kappa shape index (κ1) is 24.9. The Bertz CT molecular complexity index is 1310. The van der Waals surface area contributed by atoms with Crippen LogP contribution in [0.1, 0.15) is 42.9 Å². The summed E-state index contributed by atoms with van der Waals surface area (Å²) in [6.07, 6.45) is 2.62. The van der Waals surface area contributed by atoms with E-state index in [2.05, 4.69) is 31.1 Å². The molecule has 0 amide bonds. The van der Waals surface area contributed by atoms with Gasteiger partial charge in [-0.15, -0.1) is 22.7 Å². The number of carbonyl (C=O) groups is 1. The summed E-state index contributed by atoms with van der Waals surface area (Å²) in [6.45, 7) is 9.20. The van der Waals surface area contributed by atoms with E-state index in [1.165, 1.54) is 7.11 Å². The van der Waals surface area contributed by atoms with Crippen molar-refractivity contribution in [1.29, 1.82) is 0 Å². The van der Waals surface area contributed by atoms with Crippen molar-refractivity contribution in [3.05, 3.63) is 64.5 Å². The Morgan fingerprint density at radius 3 is 2.63 bits per heavy atom. The van der Waals surface area contributed by atoms with Crippen LogP contribution in [-0.4, -0.2) is 29.7 Å². The van der Waals surface area contributed by atoms with Crippen molar-refractivity contribution in [3.8, 4) is 27.4 Å². The molecule has 0 unspecified atom stereocenters. The lowest BCUT2D eigenvalue weighted by atomic mass is 9.90. The van der Waals surface area contributed by atoms with E-state index in [4.69, 9.17) is 14.5 Å². The second-order valence-electron chi connectivity index (χ2n) is 9.20. The largest absolute Gasteiger partial charge is 0.494 e. The average molecular weight is 508 g/mol. The summed E-state index contributed by atoms with van der Waals surface area (Å²) < 4.78 is 10.7. The molecule has 3 aromatic heterocycles. The summed E-state index contributed by atoms with van der Waals surface area (Å²) in [6, 6.07) is 13.8. The quantitative estimate of drug-likeness (QED) is 0.250. The number of aromatic nitrogens is 2. The number of rotatable bonds is 8. The molecule has 0 saturated heterocycles. The molecule has 0 radical (unpaired) electrons. The van der Waals surface area contributed by atoms with Gasteiger partial charge in [-0.05, 0) is 48.4 Å². The van der Waals surface area contributed by atoms with Gasteiger partial charge in [0.25, 0.3) is 0 Å². The van der Waals surface area contributed by atoms with E-state index in [1.54, 1.807) is 28.9 Å². The fourth-order valence-electron chi connectivity index (χ4n) is 3.64. The highest BCUT2D eigenvalue weighted by Gasteiger charge is 2.22. The van der Waals surface area contributed by atoms with Crippen LogP contribution in [0.3, 0.4) is 0 Å². The molecule has 0 aliphatic heterocycles. The van der Waals surface area contributed by atoms with Crippen LogP contribution in [0.15, 0.2) is 54.0 Å². The van der Waals surface area contributed by atoms with E-state index in [1.807, 2.05) is 54.8 Å². The number of thiazole rings is 1. The second kappa shape index (κ2) is 10.6. The Labute approximate surface area is 214 Å². The molecule has 0 saturated carbocycles. The zero-order valence-corrected chi connectivity index (χ0v) is 22.2. The molecule has 0 aliphatic carbocycles. The molecule has 4 rings (SSSR count). The van der Waals surface area contributed by atoms with Crippen LogP contribution in [-0.2, 0) is 11.2 Å². The smallest absolute Gasteiger partial charge is 0.341 e. The first-order valence-corrected chi connectivity index (χ1v) is 13.1. The molecule has 6 nitrogen and oxygen atoms in total. The Morgan fingerprint density at radius 2 is 1.94 bits per heavy atom. The molecular weight excluding hydrogens is 478 g/mol. The van der Waals surface area contributed by atoms with E-state index in [0.29, 0.717) is 23.1 Å². The molecule has 1 aromatic carbocycles. The van der Waals surface area contributed by atoms with Gasteiger partial charge in [-0.3, -0.25) is 0 Å². The van der Waals surface area contributed by atoms with Crippen LogP contribution in [0.25, 0.3) is 21.7 Å². The Morgan fingerprint density at radius 1 is 1.11 bits per heavy atom. The number of pyridine rings is 1. The van der Waals surface area contributed by atoms with E-state index < -0.39 is 5.97 Å². The molecule has 0 spiro atoms. The van der Waals surface area contributed by atoms with Crippen molar-refractivity contribution in [2.45, 2.75) is 34.1 Å². The van der Waals surface area contributed by atoms with Gasteiger partial charge in [0.05, 0.1) is 19.4 Å². The number of thiophene rings is 1. The highest BCUT2D eigenvalue weighted by molar-refractivity contribution is 7.16. The SMILES string of the molecule is CCOc1cccc(-c2nc(Nc3ncc(-c4cccs4)cc3C(=O)OC)sc2CC(C)(C)C)c1. The van der Waals surface area contributed by atoms with Crippen molar-refractivity contribution >= 4 is 39.6 Å². The molecule has 4 aromatic rings. The van der Waals surface area contributed by atoms with Gasteiger partial charge in [0.1, 0.15) is 17.1 Å². The predicted octanol–water partition coefficient (Wildman–Crippen LogP) is 7.45. The van der Waals surface area contributed by atoms with Crippen molar-refractivity contribution in [3.63, 3.8) is 0 Å². The third-order valence-corrected chi connectivity index (χ3v) is 7.02. The van der Waals surface area contributed by atoms with Gasteiger partial charge in [0.2, 0.25) is 0 Å². The summed E-state index contributed by atoms with van der Waals surface area (Å²) in [5.74, 6) is 0.783. The number of hydrogen-bond donors (Lipinski definition) is 1. The standard InChI is InChI=1S/C27H29N3O3S2/c1-6-33-19-10-7-9-17(13-19)23-22(15-27(2,3)4)35-26(29-23)30-24-20(25(31)32-5)14-18(16-28-24)21-11-8-12-34-21/h7-14,16H,6,15H2,1-5H3,(H,28,29,30). The number of carbonyl (C=O) groups excluding carboxylic acids is 1. The summed E-state index contributed by atoms with van der Waals surface area (Å²) in [4.78, 5) is 24.3. The molecule has 35 heavy (non-hydrogen) atoms. The van der Waals surface area contributed by atoms with E-state index in [9.17, 15) is 4.79 Å². The minimum Gasteiger partial charge on any atom is -0.494 e. The Kier molecular flexibility index (Phi) is 7.52. The van der Waals surface area contributed by atoms with Gasteiger partial charge in [-0.1, -0.05) is 39.0 Å². The third-order valence-electron chi connectivity index (χ3n) is 5.13. The van der Waals surface area contributed by atoms with E-state index in [0.717, 1.165) is 38.7 Å². The van der Waals surface area contributed by atoms with Crippen LogP contribution in [0.5, 0.6) is 5.75 Å². The lowest BCUT2D eigenvalue weighted by molar-refractivity contribution is 0.0601. The van der Waals surface area contributed by atoms with Gasteiger partial charge < -0.3 is 14.8 Å². The molecule has 0 fully saturated rings. The topological polar surface area (TPSA) is 73.3 Å². The lowest BCUT2D eigenvalue weighted by Gasteiger charge is -2.17. The number of methoxy groups -OCH3 is 1. The van der Waals surface area contributed by atoms with Gasteiger partial charge in [0.15, 0.2) is 5.13 Å². The molecule has 182 valence electrons. The maximum absolute atomic E-state index is 12.6. The minimum atomic E-state index is -0.450. The van der Waals surface area contributed by atoms with Crippen LogP contribution in [0, 0.1) is 5.41 Å². The van der Waals surface area contributed by atoms with Crippen LogP contribution in [0.2, 0.25) is 0 Å². The molecule has 8 heteroatoms. The van der Waals surface area contributed by atoms with Crippen molar-refractivity contribution < 1.29 is 14.3 Å². The Balaban J connectivity index is 1.73. The average Bonchev–Trinajstić information content (AvgIpc) is 3.49. The minimum absolute atomic E-state index is 0.0772. The van der Waals surface area contributed by atoms with Crippen LogP contribution in [0.4, 0.5) is 10.9 Å². The predicted molar refractivity (Wildman–Crippen MR) is 144 cm³/mol. The van der Waals surface area contributed by atoms with Crippen molar-refractivity contribution in [1.82, 2.24) is 9.97 Å². The second-order valence-corrected chi connectivity index (χ2v) is 11.2. The van der Waals surface area contributed by atoms with Gasteiger partial charge in [-0.2, -0.15) is 0 Å². The highest BCUT2D eigenvalue weighted by Crippen LogP contribution is 2.38. The summed E-state index contributed by atoms with van der Waals surface area (Å²) in [5.41, 5.74) is 3.21. The van der Waals surface area contributed by atoms with Crippen LogP contribution < -0.4 is 10.1 Å². The first-order valence-electron chi connectivity index (χ1n) is 11.4.